The van der Waals surface area contributed by atoms with E-state index < -0.39 is 0 Å². The van der Waals surface area contributed by atoms with E-state index in [4.69, 9.17) is 0 Å². The van der Waals surface area contributed by atoms with Crippen LogP contribution in [0, 0.1) is 0 Å². The third-order valence-electron chi connectivity index (χ3n) is 5.62. The summed E-state index contributed by atoms with van der Waals surface area (Å²) in [6.45, 7) is 16.6. The van der Waals surface area contributed by atoms with Crippen LogP contribution in [0.4, 0.5) is 0 Å². The van der Waals surface area contributed by atoms with Crippen molar-refractivity contribution in [3.8, 4) is 0 Å². The van der Waals surface area contributed by atoms with Crippen LogP contribution in [0.3, 0.4) is 0 Å². The minimum absolute atomic E-state index is 0.478. The lowest BCUT2D eigenvalue weighted by molar-refractivity contribution is -0.120. The van der Waals surface area contributed by atoms with Gasteiger partial charge in [-0.05, 0) is 53.9 Å². The minimum Gasteiger partial charge on any atom is -0.282 e. The van der Waals surface area contributed by atoms with Gasteiger partial charge in [0.15, 0.2) is 0 Å². The second-order valence-corrected chi connectivity index (χ2v) is 7.60. The molecule has 132 valence electrons. The molecule has 1 aliphatic rings. The maximum absolute atomic E-state index is 2.75. The van der Waals surface area contributed by atoms with Gasteiger partial charge in [-0.2, -0.15) is 0 Å². The summed E-state index contributed by atoms with van der Waals surface area (Å²) in [5.74, 6) is 0. The second-order valence-electron chi connectivity index (χ2n) is 7.60. The van der Waals surface area contributed by atoms with Crippen LogP contribution in [0.15, 0.2) is 0 Å². The van der Waals surface area contributed by atoms with Gasteiger partial charge in [-0.25, -0.2) is 10.0 Å². The molecule has 0 aromatic rings. The smallest absolute Gasteiger partial charge is 0.0733 e. The van der Waals surface area contributed by atoms with Gasteiger partial charge < -0.3 is 0 Å². The van der Waals surface area contributed by atoms with Gasteiger partial charge in [0.25, 0.3) is 0 Å². The molecule has 5 unspecified atom stereocenters. The first kappa shape index (κ1) is 19.9. The largest absolute Gasteiger partial charge is 0.282 e. The van der Waals surface area contributed by atoms with Crippen molar-refractivity contribution in [2.45, 2.75) is 117 Å². The van der Waals surface area contributed by atoms with Crippen molar-refractivity contribution in [1.82, 2.24) is 14.9 Å². The number of hydrogen-bond acceptors (Lipinski definition) is 3. The molecule has 0 saturated carbocycles. The predicted molar refractivity (Wildman–Crippen MR) is 97.8 cm³/mol. The van der Waals surface area contributed by atoms with Crippen LogP contribution in [-0.4, -0.2) is 52.3 Å². The van der Waals surface area contributed by atoms with E-state index in [9.17, 15) is 0 Å². The number of nitrogens with zero attached hydrogens (tertiary/aromatic N) is 3. The standard InChI is InChI=1S/C19H41N3/c1-9-11-13-15(3)21-17(5)14-18(6)22(16(4)12-10-2)20(8)19(21)7/h15-19H,9-14H2,1-8H3. The van der Waals surface area contributed by atoms with E-state index in [0.717, 1.165) is 0 Å². The fraction of sp³-hybridized carbons (Fsp3) is 1.00. The molecule has 5 atom stereocenters. The average molecular weight is 312 g/mol. The van der Waals surface area contributed by atoms with Gasteiger partial charge in [0.05, 0.1) is 6.17 Å². The molecule has 0 spiro atoms. The number of unbranched alkanes of at least 4 members (excludes halogenated alkanes) is 1. The topological polar surface area (TPSA) is 9.72 Å². The molecule has 1 aliphatic heterocycles. The van der Waals surface area contributed by atoms with Gasteiger partial charge >= 0.3 is 0 Å². The molecule has 0 N–H and O–H groups in total. The molecule has 22 heavy (non-hydrogen) atoms. The van der Waals surface area contributed by atoms with Crippen molar-refractivity contribution < 1.29 is 0 Å². The molecule has 0 aliphatic carbocycles. The third kappa shape index (κ3) is 4.69. The van der Waals surface area contributed by atoms with Gasteiger partial charge in [-0.1, -0.05) is 33.1 Å². The van der Waals surface area contributed by atoms with Crippen molar-refractivity contribution in [1.29, 1.82) is 0 Å². The summed E-state index contributed by atoms with van der Waals surface area (Å²) >= 11 is 0. The molecule has 0 radical (unpaired) electrons. The Morgan fingerprint density at radius 3 is 2.09 bits per heavy atom. The van der Waals surface area contributed by atoms with Crippen LogP contribution in [0.5, 0.6) is 0 Å². The maximum atomic E-state index is 2.75. The second kappa shape index (κ2) is 9.24. The van der Waals surface area contributed by atoms with E-state index in [-0.39, 0.29) is 0 Å². The molecule has 0 aromatic carbocycles. The zero-order chi connectivity index (χ0) is 16.9. The van der Waals surface area contributed by atoms with E-state index in [1.807, 2.05) is 0 Å². The predicted octanol–water partition coefficient (Wildman–Crippen LogP) is 4.73. The number of rotatable bonds is 7. The summed E-state index contributed by atoms with van der Waals surface area (Å²) in [5, 5.41) is 5.17. The van der Waals surface area contributed by atoms with Crippen LogP contribution in [0.25, 0.3) is 0 Å². The van der Waals surface area contributed by atoms with Crippen molar-refractivity contribution >= 4 is 0 Å². The highest BCUT2D eigenvalue weighted by Gasteiger charge is 2.37. The highest BCUT2D eigenvalue weighted by Crippen LogP contribution is 2.29. The quantitative estimate of drug-likeness (QED) is 0.673. The Kier molecular flexibility index (Phi) is 8.37. The van der Waals surface area contributed by atoms with Crippen LogP contribution < -0.4 is 0 Å². The lowest BCUT2D eigenvalue weighted by Gasteiger charge is -2.45. The highest BCUT2D eigenvalue weighted by molar-refractivity contribution is 4.87. The fourth-order valence-electron chi connectivity index (χ4n) is 4.54. The third-order valence-corrected chi connectivity index (χ3v) is 5.62. The van der Waals surface area contributed by atoms with Gasteiger partial charge in [0.2, 0.25) is 0 Å². The molecule has 3 nitrogen and oxygen atoms in total. The van der Waals surface area contributed by atoms with E-state index >= 15 is 0 Å². The molecular weight excluding hydrogens is 270 g/mol. The summed E-state index contributed by atoms with van der Waals surface area (Å²) in [4.78, 5) is 2.75. The lowest BCUT2D eigenvalue weighted by Crippen LogP contribution is -2.57. The van der Waals surface area contributed by atoms with Gasteiger partial charge in [0, 0.05) is 31.2 Å². The molecule has 1 fully saturated rings. The number of hydrazine groups is 1. The Morgan fingerprint density at radius 1 is 0.909 bits per heavy atom. The maximum Gasteiger partial charge on any atom is 0.0733 e. The van der Waals surface area contributed by atoms with Gasteiger partial charge in [-0.15, -0.1) is 0 Å². The zero-order valence-electron chi connectivity index (χ0n) is 16.5. The highest BCUT2D eigenvalue weighted by atomic mass is 15.7. The molecule has 1 rings (SSSR count). The molecule has 1 heterocycles. The van der Waals surface area contributed by atoms with E-state index in [1.54, 1.807) is 0 Å². The molecule has 3 heteroatoms. The van der Waals surface area contributed by atoms with E-state index in [2.05, 4.69) is 70.4 Å². The van der Waals surface area contributed by atoms with Crippen LogP contribution in [-0.2, 0) is 0 Å². The van der Waals surface area contributed by atoms with E-state index in [1.165, 1.54) is 38.5 Å². The van der Waals surface area contributed by atoms with Crippen molar-refractivity contribution in [3.05, 3.63) is 0 Å². The average Bonchev–Trinajstić information content (AvgIpc) is 2.52. The molecule has 1 saturated heterocycles. The van der Waals surface area contributed by atoms with Crippen molar-refractivity contribution in [2.75, 3.05) is 7.05 Å². The molecule has 0 aromatic heterocycles. The first-order valence-corrected chi connectivity index (χ1v) is 9.63. The minimum atomic E-state index is 0.478. The van der Waals surface area contributed by atoms with E-state index in [0.29, 0.717) is 30.3 Å². The summed E-state index contributed by atoms with van der Waals surface area (Å²) in [6.07, 6.45) is 8.24. The lowest BCUT2D eigenvalue weighted by atomic mass is 10.0. The fourth-order valence-corrected chi connectivity index (χ4v) is 4.54. The Hall–Kier alpha value is -0.120. The number of hydrogen-bond donors (Lipinski definition) is 0. The summed E-state index contributed by atoms with van der Waals surface area (Å²) < 4.78 is 0. The zero-order valence-corrected chi connectivity index (χ0v) is 16.5. The summed E-state index contributed by atoms with van der Waals surface area (Å²) in [5.41, 5.74) is 0. The normalized spacial score (nSPS) is 31.9. The monoisotopic (exact) mass is 311 g/mol. The van der Waals surface area contributed by atoms with Crippen LogP contribution in [0.1, 0.15) is 87.0 Å². The first-order valence-electron chi connectivity index (χ1n) is 9.63. The van der Waals surface area contributed by atoms with Crippen LogP contribution >= 0.6 is 0 Å². The Bertz CT molecular complexity index is 307. The van der Waals surface area contributed by atoms with Gasteiger partial charge in [0.1, 0.15) is 0 Å². The summed E-state index contributed by atoms with van der Waals surface area (Å²) in [7, 11) is 2.30. The van der Waals surface area contributed by atoms with Crippen molar-refractivity contribution in [3.63, 3.8) is 0 Å². The van der Waals surface area contributed by atoms with Gasteiger partial charge in [-0.3, -0.25) is 4.90 Å². The SMILES string of the molecule is CCCCC(C)N1C(C)CC(C)N(C(C)CCC)N(C)C1C. The Balaban J connectivity index is 2.92. The Labute approximate surface area is 140 Å². The molecule has 0 bridgehead atoms. The first-order chi connectivity index (χ1) is 10.3. The molecule has 0 amide bonds. The van der Waals surface area contributed by atoms with Crippen molar-refractivity contribution in [2.24, 2.45) is 0 Å². The summed E-state index contributed by atoms with van der Waals surface area (Å²) in [6, 6.07) is 2.57. The Morgan fingerprint density at radius 2 is 1.55 bits per heavy atom. The van der Waals surface area contributed by atoms with Crippen LogP contribution in [0.2, 0.25) is 0 Å². The molecular formula is C19H41N3.